The van der Waals surface area contributed by atoms with Crippen molar-refractivity contribution in [1.29, 1.82) is 0 Å². The number of hydrogen-bond acceptors (Lipinski definition) is 5. The van der Waals surface area contributed by atoms with E-state index in [0.717, 1.165) is 65.5 Å². The van der Waals surface area contributed by atoms with Gasteiger partial charge in [-0.05, 0) is 75.8 Å². The standard InChI is InChI=1S/C47H29N3S2/c1-2-12-30(13-3-1)43-45-44(39-22-4-6-24-41(39)51-45)50-46(49-43)37-20-10-18-35(28-37)33-16-8-14-31(26-33)32-15-9-17-34(27-32)36-19-11-21-38(29-36)47-48-40-23-5-7-25-42(40)52-47/h1-29H. The molecule has 3 nitrogen and oxygen atoms in total. The van der Waals surface area contributed by atoms with Crippen LogP contribution in [0.15, 0.2) is 176 Å². The summed E-state index contributed by atoms with van der Waals surface area (Å²) in [6, 6.07) is 62.2. The Morgan fingerprint density at radius 1 is 0.346 bits per heavy atom. The molecule has 0 fully saturated rings. The first-order valence-corrected chi connectivity index (χ1v) is 18.9. The van der Waals surface area contributed by atoms with Crippen LogP contribution in [0.2, 0.25) is 0 Å². The van der Waals surface area contributed by atoms with E-state index < -0.39 is 0 Å². The first-order chi connectivity index (χ1) is 25.7. The second-order valence-electron chi connectivity index (χ2n) is 12.8. The van der Waals surface area contributed by atoms with Gasteiger partial charge in [-0.1, -0.05) is 133 Å². The molecule has 0 radical (unpaired) electrons. The molecule has 5 heteroatoms. The van der Waals surface area contributed by atoms with Crippen molar-refractivity contribution in [2.45, 2.75) is 0 Å². The summed E-state index contributed by atoms with van der Waals surface area (Å²) >= 11 is 3.49. The minimum Gasteiger partial charge on any atom is -0.236 e. The largest absolute Gasteiger partial charge is 0.236 e. The monoisotopic (exact) mass is 699 g/mol. The molecule has 0 bridgehead atoms. The zero-order valence-corrected chi connectivity index (χ0v) is 29.5. The predicted molar refractivity (Wildman–Crippen MR) is 221 cm³/mol. The van der Waals surface area contributed by atoms with Gasteiger partial charge in [0.15, 0.2) is 5.82 Å². The topological polar surface area (TPSA) is 38.7 Å². The van der Waals surface area contributed by atoms with Crippen molar-refractivity contribution in [3.05, 3.63) is 176 Å². The van der Waals surface area contributed by atoms with Crippen LogP contribution in [0.4, 0.5) is 0 Å². The molecule has 0 atom stereocenters. The van der Waals surface area contributed by atoms with Gasteiger partial charge < -0.3 is 0 Å². The van der Waals surface area contributed by atoms with Gasteiger partial charge in [0.1, 0.15) is 5.01 Å². The molecule has 3 aromatic heterocycles. The van der Waals surface area contributed by atoms with Gasteiger partial charge >= 0.3 is 0 Å². The van der Waals surface area contributed by atoms with Gasteiger partial charge in [-0.25, -0.2) is 15.0 Å². The van der Waals surface area contributed by atoms with Crippen LogP contribution < -0.4 is 0 Å². The Balaban J connectivity index is 1.00. The zero-order chi connectivity index (χ0) is 34.4. The number of para-hydroxylation sites is 1. The van der Waals surface area contributed by atoms with E-state index in [-0.39, 0.29) is 0 Å². The van der Waals surface area contributed by atoms with Crippen LogP contribution >= 0.6 is 22.7 Å². The molecule has 0 unspecified atom stereocenters. The number of benzene rings is 7. The van der Waals surface area contributed by atoms with E-state index >= 15 is 0 Å². The SMILES string of the molecule is c1ccc(-c2nc(-c3cccc(-c4cccc(-c5cccc(-c6cccc(-c7nc8ccccc8s7)c6)c5)c4)c3)nc3c2sc2ccccc23)cc1. The Kier molecular flexibility index (Phi) is 7.52. The lowest BCUT2D eigenvalue weighted by Crippen LogP contribution is -1.94. The molecule has 10 aromatic rings. The fraction of sp³-hybridized carbons (Fsp3) is 0. The van der Waals surface area contributed by atoms with E-state index in [2.05, 4.69) is 164 Å². The molecule has 0 aliphatic rings. The predicted octanol–water partition coefficient (Wildman–Crippen LogP) is 13.5. The lowest BCUT2D eigenvalue weighted by molar-refractivity contribution is 1.24. The maximum Gasteiger partial charge on any atom is 0.160 e. The van der Waals surface area contributed by atoms with Crippen molar-refractivity contribution in [2.24, 2.45) is 0 Å². The molecular formula is C47H29N3S2. The Morgan fingerprint density at radius 3 is 1.50 bits per heavy atom. The Labute approximate surface area is 309 Å². The molecule has 244 valence electrons. The fourth-order valence-electron chi connectivity index (χ4n) is 6.93. The minimum atomic E-state index is 0.730. The number of nitrogens with zero attached hydrogens (tertiary/aromatic N) is 3. The van der Waals surface area contributed by atoms with Crippen LogP contribution in [-0.4, -0.2) is 15.0 Å². The highest BCUT2D eigenvalue weighted by Gasteiger charge is 2.17. The van der Waals surface area contributed by atoms with Crippen LogP contribution in [-0.2, 0) is 0 Å². The smallest absolute Gasteiger partial charge is 0.160 e. The highest BCUT2D eigenvalue weighted by atomic mass is 32.1. The van der Waals surface area contributed by atoms with Crippen molar-refractivity contribution >= 4 is 53.2 Å². The maximum atomic E-state index is 5.21. The third-order valence-electron chi connectivity index (χ3n) is 9.52. The lowest BCUT2D eigenvalue weighted by Gasteiger charge is -2.11. The Bertz CT molecular complexity index is 2890. The van der Waals surface area contributed by atoms with Crippen LogP contribution in [0.1, 0.15) is 0 Å². The number of fused-ring (bicyclic) bond motifs is 4. The third-order valence-corrected chi connectivity index (χ3v) is 11.8. The lowest BCUT2D eigenvalue weighted by atomic mass is 9.95. The third kappa shape index (κ3) is 5.57. The molecule has 0 spiro atoms. The first kappa shape index (κ1) is 30.5. The normalized spacial score (nSPS) is 11.5. The summed E-state index contributed by atoms with van der Waals surface area (Å²) in [5, 5.41) is 2.21. The minimum absolute atomic E-state index is 0.730. The molecule has 52 heavy (non-hydrogen) atoms. The van der Waals surface area contributed by atoms with Gasteiger partial charge in [0, 0.05) is 26.8 Å². The van der Waals surface area contributed by atoms with Crippen molar-refractivity contribution in [3.63, 3.8) is 0 Å². The van der Waals surface area contributed by atoms with Gasteiger partial charge in [-0.3, -0.25) is 0 Å². The highest BCUT2D eigenvalue weighted by Crippen LogP contribution is 2.40. The summed E-state index contributed by atoms with van der Waals surface area (Å²) in [6.07, 6.45) is 0. The second-order valence-corrected chi connectivity index (χ2v) is 14.9. The van der Waals surface area contributed by atoms with Crippen LogP contribution in [0.5, 0.6) is 0 Å². The molecule has 0 saturated heterocycles. The maximum absolute atomic E-state index is 5.21. The van der Waals surface area contributed by atoms with Gasteiger partial charge in [0.2, 0.25) is 0 Å². The first-order valence-electron chi connectivity index (χ1n) is 17.3. The van der Waals surface area contributed by atoms with Gasteiger partial charge in [0.05, 0.1) is 26.1 Å². The summed E-state index contributed by atoms with van der Waals surface area (Å²) in [7, 11) is 0. The second kappa shape index (κ2) is 12.8. The van der Waals surface area contributed by atoms with Crippen LogP contribution in [0, 0.1) is 0 Å². The molecule has 3 heterocycles. The number of thiophene rings is 1. The number of aromatic nitrogens is 3. The highest BCUT2D eigenvalue weighted by molar-refractivity contribution is 7.26. The molecule has 0 aliphatic carbocycles. The average molecular weight is 700 g/mol. The van der Waals surface area contributed by atoms with Gasteiger partial charge in [-0.2, -0.15) is 0 Å². The number of hydrogen-bond donors (Lipinski definition) is 0. The molecule has 10 rings (SSSR count). The molecule has 0 saturated carbocycles. The van der Waals surface area contributed by atoms with E-state index in [4.69, 9.17) is 15.0 Å². The van der Waals surface area contributed by atoms with Crippen molar-refractivity contribution in [3.8, 4) is 66.6 Å². The van der Waals surface area contributed by atoms with E-state index in [1.165, 1.54) is 31.7 Å². The summed E-state index contributed by atoms with van der Waals surface area (Å²) < 4.78 is 3.54. The molecular weight excluding hydrogens is 671 g/mol. The summed E-state index contributed by atoms with van der Waals surface area (Å²) in [6.45, 7) is 0. The molecule has 0 aliphatic heterocycles. The van der Waals surface area contributed by atoms with Crippen LogP contribution in [0.3, 0.4) is 0 Å². The zero-order valence-electron chi connectivity index (χ0n) is 27.9. The Morgan fingerprint density at radius 2 is 0.846 bits per heavy atom. The average Bonchev–Trinajstić information content (AvgIpc) is 3.83. The van der Waals surface area contributed by atoms with Gasteiger partial charge in [-0.15, -0.1) is 22.7 Å². The molecule has 0 amide bonds. The molecule has 0 N–H and O–H groups in total. The van der Waals surface area contributed by atoms with Crippen molar-refractivity contribution in [2.75, 3.05) is 0 Å². The summed E-state index contributed by atoms with van der Waals surface area (Å²) in [5.41, 5.74) is 13.2. The van der Waals surface area contributed by atoms with E-state index in [9.17, 15) is 0 Å². The fourth-order valence-corrected chi connectivity index (χ4v) is 9.05. The van der Waals surface area contributed by atoms with Crippen LogP contribution in [0.25, 0.3) is 97.1 Å². The van der Waals surface area contributed by atoms with E-state index in [0.29, 0.717) is 0 Å². The number of rotatable bonds is 6. The Hall–Kier alpha value is -6.27. The molecule has 7 aromatic carbocycles. The van der Waals surface area contributed by atoms with E-state index in [1.54, 1.807) is 22.7 Å². The summed E-state index contributed by atoms with van der Waals surface area (Å²) in [5.74, 6) is 0.730. The van der Waals surface area contributed by atoms with Crippen molar-refractivity contribution in [1.82, 2.24) is 15.0 Å². The number of thiazole rings is 1. The van der Waals surface area contributed by atoms with Gasteiger partial charge in [0.25, 0.3) is 0 Å². The van der Waals surface area contributed by atoms with E-state index in [1.807, 2.05) is 12.1 Å². The summed E-state index contributed by atoms with van der Waals surface area (Å²) in [4.78, 5) is 15.3. The van der Waals surface area contributed by atoms with Crippen molar-refractivity contribution < 1.29 is 0 Å². The quantitative estimate of drug-likeness (QED) is 0.173.